The third-order valence-electron chi connectivity index (χ3n) is 2.40. The zero-order valence-corrected chi connectivity index (χ0v) is 9.29. The molecular formula is C8H14N4O2S. The van der Waals surface area contributed by atoms with Crippen molar-refractivity contribution in [3.63, 3.8) is 0 Å². The molecule has 1 aromatic rings. The number of aromatic nitrogens is 2. The third kappa shape index (κ3) is 2.69. The maximum atomic E-state index is 11.0. The van der Waals surface area contributed by atoms with Crippen LogP contribution in [0.3, 0.4) is 0 Å². The average molecular weight is 230 g/mol. The van der Waals surface area contributed by atoms with Gasteiger partial charge < -0.3 is 4.90 Å². The van der Waals surface area contributed by atoms with E-state index < -0.39 is 10.0 Å². The second kappa shape index (κ2) is 3.82. The van der Waals surface area contributed by atoms with Crippen molar-refractivity contribution >= 4 is 15.8 Å². The minimum atomic E-state index is -3.10. The van der Waals surface area contributed by atoms with Gasteiger partial charge in [-0.15, -0.1) is 0 Å². The van der Waals surface area contributed by atoms with Gasteiger partial charge in [0, 0.05) is 25.2 Å². The number of H-pyrrole nitrogens is 1. The first-order chi connectivity index (χ1) is 7.04. The van der Waals surface area contributed by atoms with Crippen molar-refractivity contribution in [1.82, 2.24) is 14.9 Å². The SMILES string of the molecule is CS(=O)(=O)NC1CCN(c2ccn[nH]2)C1. The highest BCUT2D eigenvalue weighted by atomic mass is 32.2. The molecule has 1 aliphatic heterocycles. The van der Waals surface area contributed by atoms with Gasteiger partial charge in [0.25, 0.3) is 0 Å². The molecule has 1 aromatic heterocycles. The van der Waals surface area contributed by atoms with Crippen LogP contribution in [-0.2, 0) is 10.0 Å². The van der Waals surface area contributed by atoms with E-state index in [-0.39, 0.29) is 6.04 Å². The van der Waals surface area contributed by atoms with E-state index in [9.17, 15) is 8.42 Å². The van der Waals surface area contributed by atoms with E-state index in [4.69, 9.17) is 0 Å². The van der Waals surface area contributed by atoms with Crippen LogP contribution in [0.4, 0.5) is 5.82 Å². The summed E-state index contributed by atoms with van der Waals surface area (Å²) in [5.74, 6) is 0.938. The van der Waals surface area contributed by atoms with Crippen LogP contribution in [-0.4, -0.2) is 44.0 Å². The van der Waals surface area contributed by atoms with Gasteiger partial charge in [-0.25, -0.2) is 13.1 Å². The highest BCUT2D eigenvalue weighted by molar-refractivity contribution is 7.88. The van der Waals surface area contributed by atoms with E-state index in [2.05, 4.69) is 19.8 Å². The Kier molecular flexibility index (Phi) is 2.66. The van der Waals surface area contributed by atoms with E-state index in [1.165, 1.54) is 6.26 Å². The Bertz CT molecular complexity index is 414. The Morgan fingerprint density at radius 1 is 1.67 bits per heavy atom. The monoisotopic (exact) mass is 230 g/mol. The predicted octanol–water partition coefficient (Wildman–Crippen LogP) is -0.462. The minimum absolute atomic E-state index is 0.00306. The van der Waals surface area contributed by atoms with Gasteiger partial charge in [-0.3, -0.25) is 5.10 Å². The molecule has 0 aliphatic carbocycles. The summed E-state index contributed by atoms with van der Waals surface area (Å²) >= 11 is 0. The molecule has 0 saturated carbocycles. The summed E-state index contributed by atoms with van der Waals surface area (Å²) in [7, 11) is -3.10. The molecule has 1 fully saturated rings. The van der Waals surface area contributed by atoms with E-state index in [0.717, 1.165) is 18.8 Å². The molecule has 15 heavy (non-hydrogen) atoms. The maximum Gasteiger partial charge on any atom is 0.209 e. The highest BCUT2D eigenvalue weighted by Gasteiger charge is 2.25. The van der Waals surface area contributed by atoms with Gasteiger partial charge in [0.15, 0.2) is 0 Å². The minimum Gasteiger partial charge on any atom is -0.355 e. The average Bonchev–Trinajstić information content (AvgIpc) is 2.68. The number of rotatable bonds is 3. The summed E-state index contributed by atoms with van der Waals surface area (Å²) in [5, 5.41) is 6.72. The summed E-state index contributed by atoms with van der Waals surface area (Å²) in [4.78, 5) is 2.08. The second-order valence-corrected chi connectivity index (χ2v) is 5.54. The van der Waals surface area contributed by atoms with Gasteiger partial charge in [-0.1, -0.05) is 0 Å². The lowest BCUT2D eigenvalue weighted by Gasteiger charge is -2.15. The van der Waals surface area contributed by atoms with Gasteiger partial charge in [-0.05, 0) is 6.42 Å². The van der Waals surface area contributed by atoms with Gasteiger partial charge in [-0.2, -0.15) is 5.10 Å². The molecule has 0 amide bonds. The molecule has 0 bridgehead atoms. The molecule has 0 radical (unpaired) electrons. The predicted molar refractivity (Wildman–Crippen MR) is 57.2 cm³/mol. The largest absolute Gasteiger partial charge is 0.355 e. The summed E-state index contributed by atoms with van der Waals surface area (Å²) in [6.07, 6.45) is 3.70. The summed E-state index contributed by atoms with van der Waals surface area (Å²) < 4.78 is 24.7. The van der Waals surface area contributed by atoms with Crippen molar-refractivity contribution in [3.05, 3.63) is 12.3 Å². The zero-order chi connectivity index (χ0) is 10.9. The van der Waals surface area contributed by atoms with Crippen molar-refractivity contribution in [2.45, 2.75) is 12.5 Å². The highest BCUT2D eigenvalue weighted by Crippen LogP contribution is 2.17. The van der Waals surface area contributed by atoms with Crippen molar-refractivity contribution < 1.29 is 8.42 Å². The molecule has 1 unspecified atom stereocenters. The van der Waals surface area contributed by atoms with E-state index in [1.807, 2.05) is 6.07 Å². The van der Waals surface area contributed by atoms with Crippen LogP contribution in [0, 0.1) is 0 Å². The van der Waals surface area contributed by atoms with Crippen LogP contribution >= 0.6 is 0 Å². The number of nitrogens with one attached hydrogen (secondary N) is 2. The lowest BCUT2D eigenvalue weighted by Crippen LogP contribution is -2.36. The molecule has 1 saturated heterocycles. The molecule has 2 N–H and O–H groups in total. The fourth-order valence-electron chi connectivity index (χ4n) is 1.80. The van der Waals surface area contributed by atoms with E-state index in [1.54, 1.807) is 6.20 Å². The summed E-state index contributed by atoms with van der Waals surface area (Å²) in [5.41, 5.74) is 0. The number of anilines is 1. The number of hydrogen-bond acceptors (Lipinski definition) is 4. The molecule has 7 heteroatoms. The molecule has 84 valence electrons. The zero-order valence-electron chi connectivity index (χ0n) is 8.47. The fraction of sp³-hybridized carbons (Fsp3) is 0.625. The Morgan fingerprint density at radius 3 is 3.07 bits per heavy atom. The lowest BCUT2D eigenvalue weighted by atomic mass is 10.3. The topological polar surface area (TPSA) is 78.1 Å². The summed E-state index contributed by atoms with van der Waals surface area (Å²) in [6, 6.07) is 1.88. The number of aromatic amines is 1. The second-order valence-electron chi connectivity index (χ2n) is 3.76. The quantitative estimate of drug-likeness (QED) is 0.736. The molecule has 0 spiro atoms. The number of sulfonamides is 1. The van der Waals surface area contributed by atoms with E-state index in [0.29, 0.717) is 6.54 Å². The van der Waals surface area contributed by atoms with Gasteiger partial charge in [0.2, 0.25) is 10.0 Å². The molecule has 1 aliphatic rings. The Balaban J connectivity index is 1.96. The smallest absolute Gasteiger partial charge is 0.209 e. The van der Waals surface area contributed by atoms with Crippen molar-refractivity contribution in [3.8, 4) is 0 Å². The standard InChI is InChI=1S/C8H14N4O2S/c1-15(13,14)11-7-3-5-12(6-7)8-2-4-9-10-8/h2,4,7,11H,3,5-6H2,1H3,(H,9,10). The molecular weight excluding hydrogens is 216 g/mol. The van der Waals surface area contributed by atoms with Crippen molar-refractivity contribution in [2.75, 3.05) is 24.2 Å². The Morgan fingerprint density at radius 2 is 2.47 bits per heavy atom. The fourth-order valence-corrected chi connectivity index (χ4v) is 2.60. The number of nitrogens with zero attached hydrogens (tertiary/aromatic N) is 2. The first-order valence-corrected chi connectivity index (χ1v) is 6.65. The molecule has 0 aromatic carbocycles. The molecule has 2 rings (SSSR count). The first-order valence-electron chi connectivity index (χ1n) is 4.76. The maximum absolute atomic E-state index is 11.0. The van der Waals surface area contributed by atoms with Crippen LogP contribution in [0.2, 0.25) is 0 Å². The van der Waals surface area contributed by atoms with Crippen LogP contribution in [0.15, 0.2) is 12.3 Å². The molecule has 2 heterocycles. The molecule has 1 atom stereocenters. The van der Waals surface area contributed by atoms with Crippen molar-refractivity contribution in [2.24, 2.45) is 0 Å². The van der Waals surface area contributed by atoms with E-state index >= 15 is 0 Å². The Labute approximate surface area is 88.7 Å². The van der Waals surface area contributed by atoms with Gasteiger partial charge in [0.05, 0.1) is 12.5 Å². The van der Waals surface area contributed by atoms with Crippen LogP contribution in [0.5, 0.6) is 0 Å². The Hall–Kier alpha value is -1.08. The van der Waals surface area contributed by atoms with Gasteiger partial charge in [0.1, 0.15) is 5.82 Å². The number of hydrogen-bond donors (Lipinski definition) is 2. The first kappa shape index (κ1) is 10.4. The van der Waals surface area contributed by atoms with Crippen LogP contribution < -0.4 is 9.62 Å². The normalized spacial score (nSPS) is 22.2. The van der Waals surface area contributed by atoms with Crippen LogP contribution in [0.25, 0.3) is 0 Å². The lowest BCUT2D eigenvalue weighted by molar-refractivity contribution is 0.567. The van der Waals surface area contributed by atoms with Crippen LogP contribution in [0.1, 0.15) is 6.42 Å². The third-order valence-corrected chi connectivity index (χ3v) is 3.16. The summed E-state index contributed by atoms with van der Waals surface area (Å²) in [6.45, 7) is 1.53. The molecule has 6 nitrogen and oxygen atoms in total. The van der Waals surface area contributed by atoms with Gasteiger partial charge >= 0.3 is 0 Å². The van der Waals surface area contributed by atoms with Crippen molar-refractivity contribution in [1.29, 1.82) is 0 Å².